The number of carbonyl (C=O) groups excluding carboxylic acids is 2. The normalized spacial score (nSPS) is 22.2. The van der Waals surface area contributed by atoms with Crippen LogP contribution < -0.4 is 15.5 Å². The summed E-state index contributed by atoms with van der Waals surface area (Å²) < 4.78 is 22.8. The second-order valence-electron chi connectivity index (χ2n) is 5.62. The van der Waals surface area contributed by atoms with E-state index in [-0.39, 0.29) is 17.7 Å². The number of benzene rings is 1. The lowest BCUT2D eigenvalue weighted by atomic mass is 10.1. The molecule has 0 saturated carbocycles. The van der Waals surface area contributed by atoms with Gasteiger partial charge in [0.25, 0.3) is 5.91 Å². The Labute approximate surface area is 134 Å². The number of carbonyl (C=O) groups is 2. The van der Waals surface area contributed by atoms with Crippen LogP contribution in [0.2, 0.25) is 0 Å². The molecule has 1 saturated heterocycles. The molecule has 0 aromatic heterocycles. The van der Waals surface area contributed by atoms with Crippen molar-refractivity contribution in [2.75, 3.05) is 23.7 Å². The van der Waals surface area contributed by atoms with Gasteiger partial charge in [-0.1, -0.05) is 6.07 Å². The lowest BCUT2D eigenvalue weighted by molar-refractivity contribution is 0.0947. The van der Waals surface area contributed by atoms with Crippen LogP contribution in [0.3, 0.4) is 0 Å². The van der Waals surface area contributed by atoms with Crippen LogP contribution in [0.4, 0.5) is 10.5 Å². The molecule has 7 nitrogen and oxygen atoms in total. The summed E-state index contributed by atoms with van der Waals surface area (Å²) in [6.45, 7) is 2.99. The number of nitrogens with one attached hydrogen (secondary N) is 2. The third-order valence-corrected chi connectivity index (χ3v) is 5.26. The van der Waals surface area contributed by atoms with Gasteiger partial charge in [0.15, 0.2) is 9.84 Å². The number of nitrogens with zero attached hydrogens (tertiary/aromatic N) is 1. The van der Waals surface area contributed by atoms with Gasteiger partial charge in [0, 0.05) is 29.7 Å². The van der Waals surface area contributed by atoms with Crippen molar-refractivity contribution < 1.29 is 18.0 Å². The van der Waals surface area contributed by atoms with Gasteiger partial charge in [0.2, 0.25) is 0 Å². The van der Waals surface area contributed by atoms with Gasteiger partial charge in [-0.25, -0.2) is 13.2 Å². The fraction of sp³-hybridized carbons (Fsp3) is 0.333. The first-order chi connectivity index (χ1) is 10.9. The molecule has 2 aliphatic rings. The average Bonchev–Trinajstić information content (AvgIpc) is 3.05. The zero-order valence-corrected chi connectivity index (χ0v) is 13.4. The first kappa shape index (κ1) is 15.5. The van der Waals surface area contributed by atoms with Gasteiger partial charge < -0.3 is 10.6 Å². The molecule has 1 fully saturated rings. The summed E-state index contributed by atoms with van der Waals surface area (Å²) >= 11 is 0. The third kappa shape index (κ3) is 3.21. The van der Waals surface area contributed by atoms with E-state index in [1.807, 2.05) is 6.92 Å². The van der Waals surface area contributed by atoms with Crippen LogP contribution in [0, 0.1) is 6.92 Å². The minimum absolute atomic E-state index is 0.119. The van der Waals surface area contributed by atoms with E-state index in [9.17, 15) is 18.0 Å². The van der Waals surface area contributed by atoms with Gasteiger partial charge >= 0.3 is 6.03 Å². The van der Waals surface area contributed by atoms with Crippen molar-refractivity contribution in [3.05, 3.63) is 40.8 Å². The molecule has 2 N–H and O–H groups in total. The summed E-state index contributed by atoms with van der Waals surface area (Å²) in [7, 11) is -3.21. The van der Waals surface area contributed by atoms with Crippen molar-refractivity contribution in [1.82, 2.24) is 10.6 Å². The Balaban J connectivity index is 1.79. The predicted octanol–water partition coefficient (Wildman–Crippen LogP) is 0.565. The van der Waals surface area contributed by atoms with Gasteiger partial charge in [-0.15, -0.1) is 0 Å². The lowest BCUT2D eigenvalue weighted by Crippen LogP contribution is -2.35. The second-order valence-corrected chi connectivity index (χ2v) is 7.55. The van der Waals surface area contributed by atoms with Crippen molar-refractivity contribution in [3.8, 4) is 0 Å². The predicted molar refractivity (Wildman–Crippen MR) is 86.1 cm³/mol. The Kier molecular flexibility index (Phi) is 3.85. The number of urea groups is 1. The van der Waals surface area contributed by atoms with Crippen LogP contribution in [0.25, 0.3) is 0 Å². The molecule has 0 radical (unpaired) electrons. The molecule has 1 aromatic carbocycles. The molecule has 1 atom stereocenters. The molecule has 122 valence electrons. The van der Waals surface area contributed by atoms with E-state index in [0.29, 0.717) is 24.3 Å². The van der Waals surface area contributed by atoms with Crippen LogP contribution in [0.1, 0.15) is 15.9 Å². The van der Waals surface area contributed by atoms with Crippen LogP contribution in [0.15, 0.2) is 29.7 Å². The summed E-state index contributed by atoms with van der Waals surface area (Å²) in [5.41, 5.74) is 1.96. The van der Waals surface area contributed by atoms with Crippen molar-refractivity contribution in [1.29, 1.82) is 0 Å². The maximum atomic E-state index is 12.3. The first-order valence-electron chi connectivity index (χ1n) is 7.23. The standard InChI is InChI=1S/C15H17N3O4S/c1-10-2-3-11(8-13(10)18-6-5-16-15(18)20)14(19)17-12-4-7-23(21,22)9-12/h2-4,7-8,12H,5-6,9H2,1H3,(H,16,20)(H,17,19). The van der Waals surface area contributed by atoms with E-state index in [1.54, 1.807) is 23.1 Å². The molecule has 8 heteroatoms. The van der Waals surface area contributed by atoms with Crippen molar-refractivity contribution in [2.45, 2.75) is 13.0 Å². The summed E-state index contributed by atoms with van der Waals surface area (Å²) in [6, 6.07) is 4.39. The highest BCUT2D eigenvalue weighted by atomic mass is 32.2. The minimum atomic E-state index is -3.21. The molecule has 2 aliphatic heterocycles. The first-order valence-corrected chi connectivity index (χ1v) is 8.95. The van der Waals surface area contributed by atoms with Crippen molar-refractivity contribution in [2.24, 2.45) is 0 Å². The molecule has 23 heavy (non-hydrogen) atoms. The van der Waals surface area contributed by atoms with Crippen LogP contribution in [0.5, 0.6) is 0 Å². The lowest BCUT2D eigenvalue weighted by Gasteiger charge is -2.18. The average molecular weight is 335 g/mol. The van der Waals surface area contributed by atoms with Gasteiger partial charge in [0.05, 0.1) is 11.8 Å². The Morgan fingerprint density at radius 2 is 2.17 bits per heavy atom. The number of hydrogen-bond acceptors (Lipinski definition) is 4. The fourth-order valence-corrected chi connectivity index (χ4v) is 3.90. The molecule has 2 heterocycles. The molecule has 0 bridgehead atoms. The number of hydrogen-bond donors (Lipinski definition) is 2. The quantitative estimate of drug-likeness (QED) is 0.844. The number of amides is 3. The van der Waals surface area contributed by atoms with E-state index in [1.165, 1.54) is 6.08 Å². The Bertz CT molecular complexity index is 801. The topological polar surface area (TPSA) is 95.6 Å². The zero-order chi connectivity index (χ0) is 16.6. The fourth-order valence-electron chi connectivity index (χ4n) is 2.66. The highest BCUT2D eigenvalue weighted by Gasteiger charge is 2.25. The van der Waals surface area contributed by atoms with Gasteiger partial charge in [-0.2, -0.15) is 0 Å². The maximum Gasteiger partial charge on any atom is 0.322 e. The Morgan fingerprint density at radius 1 is 1.39 bits per heavy atom. The summed E-state index contributed by atoms with van der Waals surface area (Å²) in [5.74, 6) is -0.482. The highest BCUT2D eigenvalue weighted by molar-refractivity contribution is 7.94. The molecule has 1 unspecified atom stereocenters. The zero-order valence-electron chi connectivity index (χ0n) is 12.6. The number of anilines is 1. The highest BCUT2D eigenvalue weighted by Crippen LogP contribution is 2.23. The molecular weight excluding hydrogens is 318 g/mol. The Hall–Kier alpha value is -2.35. The van der Waals surface area contributed by atoms with E-state index >= 15 is 0 Å². The monoisotopic (exact) mass is 335 g/mol. The van der Waals surface area contributed by atoms with Gasteiger partial charge in [0.1, 0.15) is 0 Å². The van der Waals surface area contributed by atoms with Crippen molar-refractivity contribution >= 4 is 27.5 Å². The van der Waals surface area contributed by atoms with E-state index in [0.717, 1.165) is 11.0 Å². The molecule has 3 amide bonds. The minimum Gasteiger partial charge on any atom is -0.345 e. The summed E-state index contributed by atoms with van der Waals surface area (Å²) in [4.78, 5) is 25.7. The maximum absolute atomic E-state index is 12.3. The molecule has 0 aliphatic carbocycles. The largest absolute Gasteiger partial charge is 0.345 e. The smallest absolute Gasteiger partial charge is 0.322 e. The van der Waals surface area contributed by atoms with Crippen molar-refractivity contribution in [3.63, 3.8) is 0 Å². The SMILES string of the molecule is Cc1ccc(C(=O)NC2C=CS(=O)(=O)C2)cc1N1CCNC1=O. The summed E-state index contributed by atoms with van der Waals surface area (Å²) in [5, 5.41) is 6.52. The van der Waals surface area contributed by atoms with E-state index in [2.05, 4.69) is 10.6 Å². The molecular formula is C15H17N3O4S. The molecule has 0 spiro atoms. The van der Waals surface area contributed by atoms with Crippen LogP contribution >= 0.6 is 0 Å². The van der Waals surface area contributed by atoms with E-state index < -0.39 is 15.9 Å². The Morgan fingerprint density at radius 3 is 2.78 bits per heavy atom. The third-order valence-electron chi connectivity index (χ3n) is 3.87. The van der Waals surface area contributed by atoms with Gasteiger partial charge in [-0.05, 0) is 30.7 Å². The molecule has 1 aromatic rings. The van der Waals surface area contributed by atoms with Gasteiger partial charge in [-0.3, -0.25) is 9.69 Å². The number of sulfone groups is 1. The second kappa shape index (κ2) is 5.69. The summed E-state index contributed by atoms with van der Waals surface area (Å²) in [6.07, 6.45) is 1.47. The number of aryl methyl sites for hydroxylation is 1. The van der Waals surface area contributed by atoms with Crippen LogP contribution in [-0.2, 0) is 9.84 Å². The van der Waals surface area contributed by atoms with E-state index in [4.69, 9.17) is 0 Å². The molecule has 3 rings (SSSR count). The van der Waals surface area contributed by atoms with Crippen LogP contribution in [-0.4, -0.2) is 45.2 Å². The number of rotatable bonds is 3.